The summed E-state index contributed by atoms with van der Waals surface area (Å²) in [7, 11) is 0. The number of amidine groups is 1. The maximum atomic E-state index is 6.05. The van der Waals surface area contributed by atoms with E-state index < -0.39 is 0 Å². The molecule has 1 atom stereocenters. The molecule has 1 aromatic heterocycles. The molecule has 3 rings (SSSR count). The van der Waals surface area contributed by atoms with Crippen molar-refractivity contribution in [2.24, 2.45) is 4.99 Å². The minimum Gasteiger partial charge on any atom is -0.482 e. The molecule has 102 valence electrons. The first kappa shape index (κ1) is 12.7. The van der Waals surface area contributed by atoms with Crippen LogP contribution >= 0.6 is 0 Å². The minimum atomic E-state index is -0.0811. The fourth-order valence-corrected chi connectivity index (χ4v) is 2.24. The van der Waals surface area contributed by atoms with Crippen LogP contribution in [0.25, 0.3) is 11.3 Å². The lowest BCUT2D eigenvalue weighted by molar-refractivity contribution is 0.285. The SMILES string of the molecule is CC(Oc1ccccc1-c1ccccn1)C1=NCCN1. The van der Waals surface area contributed by atoms with Gasteiger partial charge in [0.05, 0.1) is 12.2 Å². The lowest BCUT2D eigenvalue weighted by Gasteiger charge is -2.17. The van der Waals surface area contributed by atoms with Crippen LogP contribution < -0.4 is 10.1 Å². The van der Waals surface area contributed by atoms with Crippen molar-refractivity contribution in [3.8, 4) is 17.0 Å². The summed E-state index contributed by atoms with van der Waals surface area (Å²) in [5.41, 5.74) is 1.91. The number of nitrogens with one attached hydrogen (secondary N) is 1. The predicted molar refractivity (Wildman–Crippen MR) is 80.1 cm³/mol. The number of pyridine rings is 1. The van der Waals surface area contributed by atoms with Gasteiger partial charge in [-0.05, 0) is 31.2 Å². The van der Waals surface area contributed by atoms with Gasteiger partial charge in [0.2, 0.25) is 0 Å². The van der Waals surface area contributed by atoms with Gasteiger partial charge in [0.25, 0.3) is 0 Å². The van der Waals surface area contributed by atoms with E-state index in [9.17, 15) is 0 Å². The van der Waals surface area contributed by atoms with Crippen LogP contribution in [0.4, 0.5) is 0 Å². The monoisotopic (exact) mass is 267 g/mol. The molecule has 20 heavy (non-hydrogen) atoms. The number of ether oxygens (including phenoxy) is 1. The quantitative estimate of drug-likeness (QED) is 0.926. The number of benzene rings is 1. The molecular formula is C16H17N3O. The summed E-state index contributed by atoms with van der Waals surface area (Å²) in [6.07, 6.45) is 1.71. The molecule has 0 spiro atoms. The van der Waals surface area contributed by atoms with Gasteiger partial charge in [0.1, 0.15) is 11.6 Å². The van der Waals surface area contributed by atoms with Crippen LogP contribution in [-0.2, 0) is 0 Å². The van der Waals surface area contributed by atoms with E-state index in [4.69, 9.17) is 4.74 Å². The van der Waals surface area contributed by atoms with E-state index in [1.54, 1.807) is 6.20 Å². The Kier molecular flexibility index (Phi) is 3.63. The lowest BCUT2D eigenvalue weighted by Crippen LogP contribution is -2.33. The van der Waals surface area contributed by atoms with Crippen molar-refractivity contribution in [3.63, 3.8) is 0 Å². The van der Waals surface area contributed by atoms with E-state index in [-0.39, 0.29) is 6.10 Å². The predicted octanol–water partition coefficient (Wildman–Crippen LogP) is 2.52. The van der Waals surface area contributed by atoms with Crippen molar-refractivity contribution in [2.45, 2.75) is 13.0 Å². The van der Waals surface area contributed by atoms with Gasteiger partial charge in [-0.25, -0.2) is 0 Å². The van der Waals surface area contributed by atoms with E-state index in [1.165, 1.54) is 0 Å². The molecule has 1 aliphatic heterocycles. The topological polar surface area (TPSA) is 46.5 Å². The number of nitrogens with zero attached hydrogens (tertiary/aromatic N) is 2. The van der Waals surface area contributed by atoms with Gasteiger partial charge >= 0.3 is 0 Å². The maximum Gasteiger partial charge on any atom is 0.152 e. The molecule has 0 aliphatic carbocycles. The maximum absolute atomic E-state index is 6.05. The summed E-state index contributed by atoms with van der Waals surface area (Å²) < 4.78 is 6.05. The molecular weight excluding hydrogens is 250 g/mol. The van der Waals surface area contributed by atoms with Crippen LogP contribution in [-0.4, -0.2) is 30.0 Å². The molecule has 0 saturated heterocycles. The highest BCUT2D eigenvalue weighted by Gasteiger charge is 2.17. The second-order valence-electron chi connectivity index (χ2n) is 4.66. The first-order valence-electron chi connectivity index (χ1n) is 6.80. The van der Waals surface area contributed by atoms with E-state index in [0.717, 1.165) is 35.9 Å². The number of aromatic nitrogens is 1. The van der Waals surface area contributed by atoms with Crippen LogP contribution in [0.15, 0.2) is 53.7 Å². The number of para-hydroxylation sites is 1. The molecule has 1 aromatic carbocycles. The Morgan fingerprint density at radius 3 is 2.75 bits per heavy atom. The molecule has 0 amide bonds. The normalized spacial score (nSPS) is 15.3. The van der Waals surface area contributed by atoms with Crippen LogP contribution in [0.3, 0.4) is 0 Å². The smallest absolute Gasteiger partial charge is 0.152 e. The molecule has 2 aromatic rings. The van der Waals surface area contributed by atoms with Crippen LogP contribution in [0, 0.1) is 0 Å². The molecule has 0 bridgehead atoms. The molecule has 0 radical (unpaired) electrons. The average Bonchev–Trinajstić information content (AvgIpc) is 3.03. The van der Waals surface area contributed by atoms with Crippen molar-refractivity contribution in [2.75, 3.05) is 13.1 Å². The minimum absolute atomic E-state index is 0.0811. The molecule has 1 N–H and O–H groups in total. The molecule has 2 heterocycles. The zero-order valence-corrected chi connectivity index (χ0v) is 11.4. The van der Waals surface area contributed by atoms with Gasteiger partial charge in [-0.3, -0.25) is 9.98 Å². The summed E-state index contributed by atoms with van der Waals surface area (Å²) in [6.45, 7) is 3.72. The Balaban J connectivity index is 1.87. The molecule has 1 aliphatic rings. The molecule has 4 nitrogen and oxygen atoms in total. The zero-order valence-electron chi connectivity index (χ0n) is 11.4. The van der Waals surface area contributed by atoms with Crippen molar-refractivity contribution in [1.82, 2.24) is 10.3 Å². The number of hydrogen-bond acceptors (Lipinski definition) is 4. The molecule has 0 fully saturated rings. The van der Waals surface area contributed by atoms with Crippen molar-refractivity contribution in [1.29, 1.82) is 0 Å². The summed E-state index contributed by atoms with van der Waals surface area (Å²) >= 11 is 0. The summed E-state index contributed by atoms with van der Waals surface area (Å²) in [6, 6.07) is 13.8. The van der Waals surface area contributed by atoms with Crippen LogP contribution in [0.2, 0.25) is 0 Å². The van der Waals surface area contributed by atoms with E-state index in [2.05, 4.69) is 15.3 Å². The Bertz CT molecular complexity index is 610. The molecule has 0 saturated carbocycles. The Labute approximate surface area is 118 Å². The zero-order chi connectivity index (χ0) is 13.8. The third-order valence-corrected chi connectivity index (χ3v) is 3.22. The van der Waals surface area contributed by atoms with Gasteiger partial charge in [0.15, 0.2) is 6.10 Å². The van der Waals surface area contributed by atoms with Gasteiger partial charge in [-0.15, -0.1) is 0 Å². The van der Waals surface area contributed by atoms with Gasteiger partial charge in [0, 0.05) is 18.3 Å². The number of hydrogen-bond donors (Lipinski definition) is 1. The van der Waals surface area contributed by atoms with E-state index in [0.29, 0.717) is 0 Å². The lowest BCUT2D eigenvalue weighted by atomic mass is 10.1. The molecule has 1 unspecified atom stereocenters. The van der Waals surface area contributed by atoms with Crippen LogP contribution in [0.1, 0.15) is 6.92 Å². The third kappa shape index (κ3) is 2.64. The standard InChI is InChI=1S/C16H17N3O/c1-12(16-18-10-11-19-16)20-15-8-3-2-6-13(15)14-7-4-5-9-17-14/h2-9,12H,10-11H2,1H3,(H,18,19). The van der Waals surface area contributed by atoms with Crippen molar-refractivity contribution < 1.29 is 4.74 Å². The molecule has 4 heteroatoms. The summed E-state index contributed by atoms with van der Waals surface area (Å²) in [5, 5.41) is 3.25. The third-order valence-electron chi connectivity index (χ3n) is 3.22. The highest BCUT2D eigenvalue weighted by molar-refractivity contribution is 5.88. The van der Waals surface area contributed by atoms with Crippen molar-refractivity contribution in [3.05, 3.63) is 48.7 Å². The number of rotatable bonds is 4. The fraction of sp³-hybridized carbons (Fsp3) is 0.250. The van der Waals surface area contributed by atoms with E-state index in [1.807, 2.05) is 49.4 Å². The highest BCUT2D eigenvalue weighted by Crippen LogP contribution is 2.28. The average molecular weight is 267 g/mol. The largest absolute Gasteiger partial charge is 0.482 e. The number of aliphatic imine (C=N–C) groups is 1. The van der Waals surface area contributed by atoms with Crippen molar-refractivity contribution >= 4 is 5.84 Å². The second kappa shape index (κ2) is 5.74. The fourth-order valence-electron chi connectivity index (χ4n) is 2.24. The first-order valence-corrected chi connectivity index (χ1v) is 6.80. The first-order chi connectivity index (χ1) is 9.84. The Hall–Kier alpha value is -2.36. The van der Waals surface area contributed by atoms with Gasteiger partial charge < -0.3 is 10.1 Å². The van der Waals surface area contributed by atoms with E-state index >= 15 is 0 Å². The highest BCUT2D eigenvalue weighted by atomic mass is 16.5. The van der Waals surface area contributed by atoms with Crippen LogP contribution in [0.5, 0.6) is 5.75 Å². The van der Waals surface area contributed by atoms with Gasteiger partial charge in [-0.1, -0.05) is 18.2 Å². The summed E-state index contributed by atoms with van der Waals surface area (Å²) in [4.78, 5) is 8.79. The Morgan fingerprint density at radius 2 is 2.00 bits per heavy atom. The second-order valence-corrected chi connectivity index (χ2v) is 4.66. The summed E-state index contributed by atoms with van der Waals surface area (Å²) in [5.74, 6) is 1.75. The Morgan fingerprint density at radius 1 is 1.15 bits per heavy atom. The van der Waals surface area contributed by atoms with Gasteiger partial charge in [-0.2, -0.15) is 0 Å².